The molecule has 1 unspecified atom stereocenters. The number of rotatable bonds is 7. The van der Waals surface area contributed by atoms with Crippen molar-refractivity contribution in [1.82, 2.24) is 20.1 Å². The maximum atomic E-state index is 13.1. The topological polar surface area (TPSA) is 119 Å². The third-order valence-electron chi connectivity index (χ3n) is 13.0. The van der Waals surface area contributed by atoms with Crippen molar-refractivity contribution >= 4 is 45.7 Å². The number of carbonyl (C=O) groups is 3. The van der Waals surface area contributed by atoms with Gasteiger partial charge in [-0.3, -0.25) is 24.6 Å². The number of piperazine rings is 1. The molecule has 284 valence electrons. The Labute approximate surface area is 322 Å². The van der Waals surface area contributed by atoms with Crippen LogP contribution in [0.5, 0.6) is 0 Å². The normalized spacial score (nSPS) is 22.7. The van der Waals surface area contributed by atoms with Gasteiger partial charge in [-0.15, -0.1) is 0 Å². The van der Waals surface area contributed by atoms with Gasteiger partial charge in [0.05, 0.1) is 11.1 Å². The monoisotopic (exact) mass is 738 g/mol. The highest BCUT2D eigenvalue weighted by atomic mass is 16.2. The van der Waals surface area contributed by atoms with E-state index < -0.39 is 6.04 Å². The van der Waals surface area contributed by atoms with Gasteiger partial charge in [0.2, 0.25) is 11.8 Å². The summed E-state index contributed by atoms with van der Waals surface area (Å²) in [4.78, 5) is 52.4. The molecule has 0 aliphatic carbocycles. The van der Waals surface area contributed by atoms with E-state index in [4.69, 9.17) is 0 Å². The molecule has 3 amide bonds. The summed E-state index contributed by atoms with van der Waals surface area (Å²) >= 11 is 0. The summed E-state index contributed by atoms with van der Waals surface area (Å²) in [6.45, 7) is 11.8. The minimum Gasteiger partial charge on any atom is -0.372 e. The molecule has 3 aromatic carbocycles. The zero-order valence-electron chi connectivity index (χ0n) is 31.7. The fourth-order valence-corrected chi connectivity index (χ4v) is 9.90. The largest absolute Gasteiger partial charge is 0.372 e. The Bertz CT molecular complexity index is 2160. The van der Waals surface area contributed by atoms with E-state index in [9.17, 15) is 19.6 Å². The van der Waals surface area contributed by atoms with Gasteiger partial charge in [0.25, 0.3) is 5.91 Å². The summed E-state index contributed by atoms with van der Waals surface area (Å²) < 4.78 is 0. The number of hydrogen-bond donors (Lipinski definition) is 2. The molecule has 0 radical (unpaired) electrons. The highest BCUT2D eigenvalue weighted by molar-refractivity contribution is 6.05. The van der Waals surface area contributed by atoms with Crippen molar-refractivity contribution < 1.29 is 14.4 Å². The molecule has 0 saturated carbocycles. The van der Waals surface area contributed by atoms with Crippen molar-refractivity contribution in [3.8, 4) is 6.07 Å². The van der Waals surface area contributed by atoms with Crippen LogP contribution < -0.4 is 20.0 Å². The van der Waals surface area contributed by atoms with Gasteiger partial charge in [0.1, 0.15) is 12.1 Å². The molecule has 2 atom stereocenters. The van der Waals surface area contributed by atoms with Gasteiger partial charge >= 0.3 is 0 Å². The number of anilines is 3. The van der Waals surface area contributed by atoms with Crippen molar-refractivity contribution in [3.05, 3.63) is 88.6 Å². The molecule has 11 heteroatoms. The van der Waals surface area contributed by atoms with Gasteiger partial charge < -0.3 is 24.6 Å². The van der Waals surface area contributed by atoms with Crippen LogP contribution in [-0.4, -0.2) is 97.4 Å². The minimum atomic E-state index is -0.584. The number of aromatic amines is 1. The van der Waals surface area contributed by atoms with E-state index in [1.165, 1.54) is 29.8 Å². The van der Waals surface area contributed by atoms with Crippen molar-refractivity contribution in [2.45, 2.75) is 64.0 Å². The number of nitriles is 1. The molecular weight excluding hydrogens is 689 g/mol. The molecule has 6 heterocycles. The van der Waals surface area contributed by atoms with Crippen LogP contribution in [0.25, 0.3) is 10.9 Å². The number of fused-ring (bicyclic) bond motifs is 2. The Balaban J connectivity index is 0.745. The number of nitrogens with zero attached hydrogens (tertiary/aromatic N) is 6. The second-order valence-corrected chi connectivity index (χ2v) is 16.3. The molecule has 2 N–H and O–H groups in total. The van der Waals surface area contributed by atoms with Gasteiger partial charge in [-0.25, -0.2) is 0 Å². The molecular formula is C44H50N8O3. The van der Waals surface area contributed by atoms with Gasteiger partial charge in [0, 0.05) is 112 Å². The van der Waals surface area contributed by atoms with E-state index in [2.05, 4.69) is 85.4 Å². The summed E-state index contributed by atoms with van der Waals surface area (Å²) in [5, 5.41) is 13.1. The molecule has 1 aromatic heterocycles. The van der Waals surface area contributed by atoms with Gasteiger partial charge in [-0.1, -0.05) is 12.1 Å². The number of imide groups is 1. The van der Waals surface area contributed by atoms with Crippen molar-refractivity contribution in [1.29, 1.82) is 5.26 Å². The summed E-state index contributed by atoms with van der Waals surface area (Å²) in [6, 6.07) is 21.5. The van der Waals surface area contributed by atoms with Crippen molar-refractivity contribution in [2.75, 3.05) is 73.6 Å². The molecule has 0 bridgehead atoms. The van der Waals surface area contributed by atoms with Crippen LogP contribution in [0.2, 0.25) is 0 Å². The number of amides is 3. The lowest BCUT2D eigenvalue weighted by atomic mass is 9.88. The number of hydrogen-bond acceptors (Lipinski definition) is 8. The molecule has 11 nitrogen and oxygen atoms in total. The number of aromatic nitrogens is 1. The second kappa shape index (κ2) is 14.7. The van der Waals surface area contributed by atoms with Crippen molar-refractivity contribution in [2.24, 2.45) is 5.92 Å². The highest BCUT2D eigenvalue weighted by Crippen LogP contribution is 2.37. The van der Waals surface area contributed by atoms with Crippen LogP contribution in [0, 0.1) is 24.2 Å². The average molecular weight is 739 g/mol. The SMILES string of the molecule is Cc1ccc([C@@H]2CCCN(c3ccc(N4CCC(CN5CCN(c6ccc7c(c6)CN(C6CCC(=O)NC6=O)C7=O)CC5)CC4)cc3)C2)c2[nH]cc(C#N)c12. The van der Waals surface area contributed by atoms with Gasteiger partial charge in [-0.05, 0) is 104 Å². The number of piperidine rings is 3. The fraction of sp³-hybridized carbons (Fsp3) is 0.455. The van der Waals surface area contributed by atoms with Crippen LogP contribution in [0.4, 0.5) is 17.1 Å². The molecule has 55 heavy (non-hydrogen) atoms. The first-order chi connectivity index (χ1) is 26.8. The van der Waals surface area contributed by atoms with E-state index in [-0.39, 0.29) is 24.1 Å². The number of nitrogens with one attached hydrogen (secondary N) is 2. The van der Waals surface area contributed by atoms with E-state index in [0.29, 0.717) is 30.4 Å². The number of carbonyl (C=O) groups excluding carboxylic acids is 3. The zero-order chi connectivity index (χ0) is 37.6. The van der Waals surface area contributed by atoms with E-state index in [1.807, 2.05) is 18.3 Å². The lowest BCUT2D eigenvalue weighted by molar-refractivity contribution is -0.136. The molecule has 5 aliphatic heterocycles. The maximum Gasteiger partial charge on any atom is 0.255 e. The molecule has 4 fully saturated rings. The standard InChI is InChI=1S/C44H50N8O3/c1-29-4-10-37(42-41(29)33(24-45)25-46-42)31-3-2-16-51(27-31)35-7-5-34(6-8-35)49-17-14-30(15-18-49)26-48-19-21-50(22-20-48)36-9-11-38-32(23-36)28-52(44(38)55)39-12-13-40(53)47-43(39)54/h4-11,23,25,30-31,39,46H,2-3,12-22,26-28H2,1H3,(H,47,53,54)/t31-,39?/m1/s1. The van der Waals surface area contributed by atoms with E-state index in [1.54, 1.807) is 4.90 Å². The van der Waals surface area contributed by atoms with Crippen LogP contribution in [0.15, 0.2) is 60.8 Å². The zero-order valence-corrected chi connectivity index (χ0v) is 31.7. The third kappa shape index (κ3) is 6.82. The quantitative estimate of drug-likeness (QED) is 0.238. The van der Waals surface area contributed by atoms with Crippen LogP contribution in [0.1, 0.15) is 77.1 Å². The molecule has 4 saturated heterocycles. The highest BCUT2D eigenvalue weighted by Gasteiger charge is 2.39. The minimum absolute atomic E-state index is 0.120. The predicted molar refractivity (Wildman–Crippen MR) is 214 cm³/mol. The Morgan fingerprint density at radius 2 is 1.53 bits per heavy atom. The lowest BCUT2D eigenvalue weighted by Gasteiger charge is -2.40. The molecule has 9 rings (SSSR count). The predicted octanol–water partition coefficient (Wildman–Crippen LogP) is 5.53. The summed E-state index contributed by atoms with van der Waals surface area (Å²) in [7, 11) is 0. The lowest BCUT2D eigenvalue weighted by Crippen LogP contribution is -2.52. The first kappa shape index (κ1) is 35.4. The second-order valence-electron chi connectivity index (χ2n) is 16.3. The number of benzene rings is 3. The van der Waals surface area contributed by atoms with Crippen molar-refractivity contribution in [3.63, 3.8) is 0 Å². The summed E-state index contributed by atoms with van der Waals surface area (Å²) in [5.74, 6) is 0.373. The van der Waals surface area contributed by atoms with Gasteiger partial charge in [-0.2, -0.15) is 5.26 Å². The van der Waals surface area contributed by atoms with E-state index >= 15 is 0 Å². The molecule has 4 aromatic rings. The molecule has 5 aliphatic rings. The third-order valence-corrected chi connectivity index (χ3v) is 13.0. The van der Waals surface area contributed by atoms with Gasteiger partial charge in [0.15, 0.2) is 0 Å². The van der Waals surface area contributed by atoms with Crippen LogP contribution >= 0.6 is 0 Å². The van der Waals surface area contributed by atoms with Crippen LogP contribution in [-0.2, 0) is 16.1 Å². The number of H-pyrrole nitrogens is 1. The Morgan fingerprint density at radius 3 is 2.27 bits per heavy atom. The average Bonchev–Trinajstić information content (AvgIpc) is 3.80. The summed E-state index contributed by atoms with van der Waals surface area (Å²) in [6.07, 6.45) is 7.22. The Hall–Kier alpha value is -5.34. The first-order valence-corrected chi connectivity index (χ1v) is 20.2. The molecule has 0 spiro atoms. The Kier molecular flexibility index (Phi) is 9.46. The smallest absolute Gasteiger partial charge is 0.255 e. The van der Waals surface area contributed by atoms with Crippen LogP contribution in [0.3, 0.4) is 0 Å². The van der Waals surface area contributed by atoms with E-state index in [0.717, 1.165) is 105 Å². The Morgan fingerprint density at radius 1 is 0.800 bits per heavy atom. The fourth-order valence-electron chi connectivity index (χ4n) is 9.90. The number of aryl methyl sites for hydroxylation is 1. The maximum absolute atomic E-state index is 13.1. The first-order valence-electron chi connectivity index (χ1n) is 20.2. The summed E-state index contributed by atoms with van der Waals surface area (Å²) in [5.41, 5.74) is 9.71.